The summed E-state index contributed by atoms with van der Waals surface area (Å²) in [5.41, 5.74) is 14.9. The van der Waals surface area contributed by atoms with Gasteiger partial charge in [-0.15, -0.1) is 0 Å². The van der Waals surface area contributed by atoms with Gasteiger partial charge in [0.05, 0.1) is 18.8 Å². The number of rotatable bonds is 11. The molecule has 45 heavy (non-hydrogen) atoms. The smallest absolute Gasteiger partial charge is 0.184 e. The lowest BCUT2D eigenvalue weighted by atomic mass is 9.89. The fraction of sp³-hybridized carbons (Fsp3) is 0.250. The summed E-state index contributed by atoms with van der Waals surface area (Å²) in [5.74, 6) is 0.0889. The average Bonchev–Trinajstić information content (AvgIpc) is 3.10. The van der Waals surface area contributed by atoms with E-state index in [0.29, 0.717) is 6.54 Å². The van der Waals surface area contributed by atoms with E-state index in [1.807, 2.05) is 24.3 Å². The van der Waals surface area contributed by atoms with Gasteiger partial charge in [-0.2, -0.15) is 0 Å². The van der Waals surface area contributed by atoms with Crippen molar-refractivity contribution in [2.24, 2.45) is 11.7 Å². The molecular formula is C40H42N2O3. The molecule has 0 spiro atoms. The Kier molecular flexibility index (Phi) is 10.2. The van der Waals surface area contributed by atoms with Crippen molar-refractivity contribution >= 4 is 0 Å². The summed E-state index contributed by atoms with van der Waals surface area (Å²) in [6.07, 6.45) is -0.784. The summed E-state index contributed by atoms with van der Waals surface area (Å²) < 4.78 is 13.6. The molecule has 4 atom stereocenters. The van der Waals surface area contributed by atoms with Gasteiger partial charge in [0.2, 0.25) is 0 Å². The largest absolute Gasteiger partial charge is 0.392 e. The van der Waals surface area contributed by atoms with E-state index >= 15 is 0 Å². The van der Waals surface area contributed by atoms with Crippen LogP contribution in [0.1, 0.15) is 52.7 Å². The van der Waals surface area contributed by atoms with Crippen LogP contribution in [0.5, 0.6) is 0 Å². The van der Waals surface area contributed by atoms with Crippen molar-refractivity contribution < 1.29 is 14.6 Å². The number of hydrogen-bond acceptors (Lipinski definition) is 5. The molecule has 0 saturated carbocycles. The van der Waals surface area contributed by atoms with E-state index in [-0.39, 0.29) is 24.7 Å². The molecule has 1 aliphatic rings. The van der Waals surface area contributed by atoms with Crippen molar-refractivity contribution in [3.8, 4) is 11.1 Å². The van der Waals surface area contributed by atoms with E-state index in [0.717, 1.165) is 53.0 Å². The van der Waals surface area contributed by atoms with Crippen molar-refractivity contribution in [1.29, 1.82) is 0 Å². The molecule has 0 amide bonds. The minimum absolute atomic E-state index is 0.0171. The zero-order chi connectivity index (χ0) is 31.0. The molecule has 5 heteroatoms. The molecule has 1 saturated heterocycles. The molecule has 3 N–H and O–H groups in total. The summed E-state index contributed by atoms with van der Waals surface area (Å²) in [4.78, 5) is 2.48. The number of aliphatic hydroxyl groups excluding tert-OH is 1. The number of ether oxygens (including phenoxy) is 2. The predicted octanol–water partition coefficient (Wildman–Crippen LogP) is 7.80. The number of nitrogens with zero attached hydrogens (tertiary/aromatic N) is 1. The van der Waals surface area contributed by atoms with Gasteiger partial charge >= 0.3 is 0 Å². The summed E-state index contributed by atoms with van der Waals surface area (Å²) in [5, 5.41) is 9.64. The van der Waals surface area contributed by atoms with Crippen LogP contribution in [0.3, 0.4) is 0 Å². The third-order valence-corrected chi connectivity index (χ3v) is 8.79. The van der Waals surface area contributed by atoms with Crippen LogP contribution in [-0.4, -0.2) is 22.7 Å². The van der Waals surface area contributed by atoms with Crippen LogP contribution < -0.4 is 5.73 Å². The van der Waals surface area contributed by atoms with E-state index < -0.39 is 6.29 Å². The van der Waals surface area contributed by atoms with Gasteiger partial charge in [0, 0.05) is 37.7 Å². The van der Waals surface area contributed by atoms with Crippen molar-refractivity contribution in [2.75, 3.05) is 6.54 Å². The van der Waals surface area contributed by atoms with Crippen LogP contribution >= 0.6 is 0 Å². The zero-order valence-corrected chi connectivity index (χ0v) is 25.8. The molecule has 0 aromatic heterocycles. The van der Waals surface area contributed by atoms with Gasteiger partial charge < -0.3 is 20.3 Å². The molecule has 0 radical (unpaired) electrons. The first-order valence-electron chi connectivity index (χ1n) is 15.8. The van der Waals surface area contributed by atoms with E-state index in [2.05, 4.69) is 121 Å². The molecular weight excluding hydrogens is 556 g/mol. The number of benzene rings is 5. The van der Waals surface area contributed by atoms with Crippen LogP contribution in [0.4, 0.5) is 0 Å². The van der Waals surface area contributed by atoms with E-state index in [1.165, 1.54) is 11.1 Å². The van der Waals surface area contributed by atoms with Crippen molar-refractivity contribution in [2.45, 2.75) is 51.7 Å². The van der Waals surface area contributed by atoms with Gasteiger partial charge in [0.1, 0.15) is 0 Å². The second kappa shape index (κ2) is 14.8. The minimum Gasteiger partial charge on any atom is -0.392 e. The summed E-state index contributed by atoms with van der Waals surface area (Å²) in [7, 11) is 0. The fourth-order valence-electron chi connectivity index (χ4n) is 6.25. The molecule has 6 rings (SSSR count). The zero-order valence-electron chi connectivity index (χ0n) is 25.8. The van der Waals surface area contributed by atoms with Gasteiger partial charge in [-0.05, 0) is 38.9 Å². The molecule has 1 aliphatic heterocycles. The second-order valence-electron chi connectivity index (χ2n) is 11.9. The lowest BCUT2D eigenvalue weighted by molar-refractivity contribution is -0.276. The minimum atomic E-state index is -0.525. The summed E-state index contributed by atoms with van der Waals surface area (Å²) in [6, 6.07) is 46.1. The van der Waals surface area contributed by atoms with Crippen LogP contribution in [-0.2, 0) is 35.7 Å². The Morgan fingerprint density at radius 1 is 0.644 bits per heavy atom. The fourth-order valence-corrected chi connectivity index (χ4v) is 6.25. The Labute approximate surface area is 266 Å². The first-order chi connectivity index (χ1) is 22.1. The molecule has 5 aromatic carbocycles. The third-order valence-electron chi connectivity index (χ3n) is 8.79. The number of hydrogen-bond donors (Lipinski definition) is 2. The SMILES string of the molecule is CC1C(CN(Cc2ccccc2)Cc2ccccc2)OC(c2ccc(-c3ccccc3CN)cc2)OC1c1ccc(CO)cc1. The van der Waals surface area contributed by atoms with Crippen molar-refractivity contribution in [3.05, 3.63) is 167 Å². The molecule has 0 aliphatic carbocycles. The maximum absolute atomic E-state index is 9.64. The molecule has 1 fully saturated rings. The predicted molar refractivity (Wildman–Crippen MR) is 180 cm³/mol. The van der Waals surface area contributed by atoms with E-state index in [1.54, 1.807) is 0 Å². The van der Waals surface area contributed by atoms with E-state index in [4.69, 9.17) is 15.2 Å². The van der Waals surface area contributed by atoms with Crippen molar-refractivity contribution in [1.82, 2.24) is 4.90 Å². The monoisotopic (exact) mass is 598 g/mol. The Balaban J connectivity index is 1.30. The summed E-state index contributed by atoms with van der Waals surface area (Å²) >= 11 is 0. The Morgan fingerprint density at radius 2 is 1.22 bits per heavy atom. The van der Waals surface area contributed by atoms with Gasteiger partial charge in [0.25, 0.3) is 0 Å². The topological polar surface area (TPSA) is 68.0 Å². The lowest BCUT2D eigenvalue weighted by Gasteiger charge is -2.43. The highest BCUT2D eigenvalue weighted by atomic mass is 16.7. The van der Waals surface area contributed by atoms with Crippen LogP contribution in [0.2, 0.25) is 0 Å². The average molecular weight is 599 g/mol. The quantitative estimate of drug-likeness (QED) is 0.162. The first kappa shape index (κ1) is 30.9. The van der Waals surface area contributed by atoms with Gasteiger partial charge in [-0.25, -0.2) is 0 Å². The molecule has 5 aromatic rings. The highest BCUT2D eigenvalue weighted by Gasteiger charge is 2.39. The third kappa shape index (κ3) is 7.59. The van der Waals surface area contributed by atoms with Gasteiger partial charge in [-0.1, -0.05) is 140 Å². The van der Waals surface area contributed by atoms with E-state index in [9.17, 15) is 5.11 Å². The Morgan fingerprint density at radius 3 is 1.82 bits per heavy atom. The summed E-state index contributed by atoms with van der Waals surface area (Å²) in [6.45, 7) is 5.12. The Hall–Kier alpha value is -4.10. The Bertz CT molecular complexity index is 1580. The van der Waals surface area contributed by atoms with Gasteiger partial charge in [-0.3, -0.25) is 4.90 Å². The normalized spacial score (nSPS) is 19.9. The molecule has 5 nitrogen and oxygen atoms in total. The number of nitrogens with two attached hydrogens (primary N) is 1. The van der Waals surface area contributed by atoms with Crippen LogP contribution in [0.25, 0.3) is 11.1 Å². The molecule has 230 valence electrons. The maximum Gasteiger partial charge on any atom is 0.184 e. The van der Waals surface area contributed by atoms with Crippen LogP contribution in [0, 0.1) is 5.92 Å². The van der Waals surface area contributed by atoms with Crippen molar-refractivity contribution in [3.63, 3.8) is 0 Å². The standard InChI is InChI=1S/C40H42N2O3/c1-29-38(27-42(25-30-10-4-2-5-11-30)26-31-12-6-3-7-13-31)44-40(45-39(29)34-18-16-32(28-43)17-19-34)35-22-20-33(21-23-35)37-15-9-8-14-36(37)24-41/h2-23,29,38-40,43H,24-28,41H2,1H3. The molecule has 0 bridgehead atoms. The number of aliphatic hydroxyl groups is 1. The second-order valence-corrected chi connectivity index (χ2v) is 11.9. The highest BCUT2D eigenvalue weighted by Crippen LogP contribution is 2.42. The highest BCUT2D eigenvalue weighted by molar-refractivity contribution is 5.67. The lowest BCUT2D eigenvalue weighted by Crippen LogP contribution is -2.44. The molecule has 1 heterocycles. The molecule has 4 unspecified atom stereocenters. The van der Waals surface area contributed by atoms with Gasteiger partial charge in [0.15, 0.2) is 6.29 Å². The maximum atomic E-state index is 9.64. The first-order valence-corrected chi connectivity index (χ1v) is 15.8. The van der Waals surface area contributed by atoms with Crippen LogP contribution in [0.15, 0.2) is 133 Å².